The van der Waals surface area contributed by atoms with Gasteiger partial charge in [0.25, 0.3) is 0 Å². The topological polar surface area (TPSA) is 86.5 Å². The third kappa shape index (κ3) is 2.13. The Hall–Kier alpha value is -2.83. The summed E-state index contributed by atoms with van der Waals surface area (Å²) in [5.74, 6) is -0.289. The predicted molar refractivity (Wildman–Crippen MR) is 66.1 cm³/mol. The van der Waals surface area contributed by atoms with Gasteiger partial charge >= 0.3 is 0 Å². The fourth-order valence-electron chi connectivity index (χ4n) is 1.68. The van der Waals surface area contributed by atoms with E-state index in [2.05, 4.69) is 25.2 Å². The van der Waals surface area contributed by atoms with Crippen molar-refractivity contribution in [2.75, 3.05) is 0 Å². The minimum absolute atomic E-state index is 0.167. The number of hydrogen-bond donors (Lipinski definition) is 2. The second-order valence-electron chi connectivity index (χ2n) is 3.78. The minimum Gasteiger partial charge on any atom is -0.493 e. The molecule has 0 bridgehead atoms. The number of rotatable bonds is 2. The summed E-state index contributed by atoms with van der Waals surface area (Å²) in [5.41, 5.74) is 0.743. The van der Waals surface area contributed by atoms with E-state index in [1.54, 1.807) is 0 Å². The Morgan fingerprint density at radius 3 is 2.89 bits per heavy atom. The summed E-state index contributed by atoms with van der Waals surface area (Å²) < 4.78 is 13.2. The lowest BCUT2D eigenvalue weighted by molar-refractivity contribution is 0.459. The molecule has 0 aliphatic carbocycles. The Morgan fingerprint density at radius 1 is 1.21 bits per heavy atom. The van der Waals surface area contributed by atoms with Crippen LogP contribution in [-0.4, -0.2) is 20.1 Å². The zero-order chi connectivity index (χ0) is 13.2. The highest BCUT2D eigenvalue weighted by Gasteiger charge is 2.11. The maximum absolute atomic E-state index is 13.2. The molecule has 0 atom stereocenters. The first-order chi connectivity index (χ1) is 9.24. The number of aromatic nitrogens is 3. The maximum atomic E-state index is 13.2. The van der Waals surface area contributed by atoms with Crippen LogP contribution in [0.3, 0.4) is 0 Å². The summed E-state index contributed by atoms with van der Waals surface area (Å²) in [5, 5.41) is 17.9. The van der Waals surface area contributed by atoms with Gasteiger partial charge in [-0.3, -0.25) is 4.98 Å². The highest BCUT2D eigenvalue weighted by Crippen LogP contribution is 2.36. The van der Waals surface area contributed by atoms with Crippen molar-refractivity contribution < 1.29 is 9.50 Å². The molecule has 0 radical (unpaired) electrons. The van der Waals surface area contributed by atoms with Crippen molar-refractivity contribution in [3.8, 4) is 5.88 Å². The van der Waals surface area contributed by atoms with Gasteiger partial charge < -0.3 is 10.1 Å². The summed E-state index contributed by atoms with van der Waals surface area (Å²) in [6.07, 6.45) is 4.41. The van der Waals surface area contributed by atoms with Crippen LogP contribution in [0.25, 0.3) is 10.9 Å². The van der Waals surface area contributed by atoms with Gasteiger partial charge in [-0.2, -0.15) is 0 Å². The van der Waals surface area contributed by atoms with Crippen LogP contribution in [0.5, 0.6) is 5.88 Å². The highest BCUT2D eigenvalue weighted by atomic mass is 19.1. The number of H-pyrrole nitrogens is 1. The molecule has 2 N–H and O–H groups in total. The van der Waals surface area contributed by atoms with E-state index >= 15 is 0 Å². The van der Waals surface area contributed by atoms with E-state index in [1.165, 1.54) is 36.8 Å². The van der Waals surface area contributed by atoms with E-state index in [9.17, 15) is 9.50 Å². The number of nitrogens with zero attached hydrogens (tertiary/aromatic N) is 4. The molecular weight excluding hydrogens is 249 g/mol. The molecule has 0 aliphatic rings. The number of fused-ring (bicyclic) bond motifs is 1. The predicted octanol–water partition coefficient (Wildman–Crippen LogP) is 3.22. The number of aromatic amines is 1. The van der Waals surface area contributed by atoms with Crippen molar-refractivity contribution in [2.24, 2.45) is 10.2 Å². The van der Waals surface area contributed by atoms with E-state index in [-0.39, 0.29) is 11.6 Å². The van der Waals surface area contributed by atoms with Crippen LogP contribution < -0.4 is 0 Å². The van der Waals surface area contributed by atoms with Crippen molar-refractivity contribution in [1.29, 1.82) is 0 Å². The van der Waals surface area contributed by atoms with Gasteiger partial charge in [-0.05, 0) is 18.2 Å². The molecule has 2 aromatic heterocycles. The quantitative estimate of drug-likeness (QED) is 0.691. The van der Waals surface area contributed by atoms with Crippen LogP contribution in [-0.2, 0) is 0 Å². The van der Waals surface area contributed by atoms with Crippen LogP contribution in [0.15, 0.2) is 47.0 Å². The van der Waals surface area contributed by atoms with Gasteiger partial charge in [-0.1, -0.05) is 0 Å². The summed E-state index contributed by atoms with van der Waals surface area (Å²) in [6, 6.07) is 4.09. The Labute approximate surface area is 106 Å². The smallest absolute Gasteiger partial charge is 0.218 e. The molecular formula is C12H8FN5O. The van der Waals surface area contributed by atoms with Gasteiger partial charge in [0.05, 0.1) is 11.7 Å². The van der Waals surface area contributed by atoms with E-state index < -0.39 is 5.82 Å². The fraction of sp³-hybridized carbons (Fsp3) is 0. The Morgan fingerprint density at radius 2 is 2.11 bits per heavy atom. The fourth-order valence-corrected chi connectivity index (χ4v) is 1.68. The lowest BCUT2D eigenvalue weighted by atomic mass is 10.2. The SMILES string of the molecule is Oc1[nH]c2ccc(F)cc2c1N=Nc1cnccn1. The summed E-state index contributed by atoms with van der Waals surface area (Å²) in [4.78, 5) is 10.4. The normalized spacial score (nSPS) is 11.4. The molecule has 19 heavy (non-hydrogen) atoms. The van der Waals surface area contributed by atoms with Gasteiger partial charge in [0.1, 0.15) is 5.82 Å². The third-order valence-corrected chi connectivity index (χ3v) is 2.52. The molecule has 0 fully saturated rings. The van der Waals surface area contributed by atoms with E-state index in [0.717, 1.165) is 0 Å². The molecule has 0 saturated heterocycles. The molecule has 2 heterocycles. The van der Waals surface area contributed by atoms with Crippen molar-refractivity contribution >= 4 is 22.4 Å². The van der Waals surface area contributed by atoms with Crippen molar-refractivity contribution in [3.05, 3.63) is 42.6 Å². The van der Waals surface area contributed by atoms with Crippen LogP contribution >= 0.6 is 0 Å². The number of benzene rings is 1. The van der Waals surface area contributed by atoms with Gasteiger partial charge in [0.15, 0.2) is 11.5 Å². The molecule has 94 valence electrons. The summed E-state index contributed by atoms with van der Waals surface area (Å²) in [7, 11) is 0. The van der Waals surface area contributed by atoms with Gasteiger partial charge in [0.2, 0.25) is 5.88 Å². The van der Waals surface area contributed by atoms with Gasteiger partial charge in [-0.25, -0.2) is 9.37 Å². The third-order valence-electron chi connectivity index (χ3n) is 2.52. The number of aromatic hydroxyl groups is 1. The van der Waals surface area contributed by atoms with E-state index in [1.807, 2.05) is 0 Å². The largest absolute Gasteiger partial charge is 0.493 e. The zero-order valence-corrected chi connectivity index (χ0v) is 9.58. The minimum atomic E-state index is -0.414. The average molecular weight is 257 g/mol. The van der Waals surface area contributed by atoms with Crippen LogP contribution in [0.4, 0.5) is 15.9 Å². The number of azo groups is 1. The number of halogens is 1. The van der Waals surface area contributed by atoms with Crippen molar-refractivity contribution in [1.82, 2.24) is 15.0 Å². The second-order valence-corrected chi connectivity index (χ2v) is 3.78. The molecule has 0 aliphatic heterocycles. The van der Waals surface area contributed by atoms with Gasteiger partial charge in [-0.15, -0.1) is 10.2 Å². The van der Waals surface area contributed by atoms with Crippen LogP contribution in [0.1, 0.15) is 0 Å². The van der Waals surface area contributed by atoms with Crippen LogP contribution in [0, 0.1) is 5.82 Å². The first-order valence-corrected chi connectivity index (χ1v) is 5.42. The number of nitrogens with one attached hydrogen (secondary N) is 1. The molecule has 3 rings (SSSR count). The molecule has 7 heteroatoms. The standard InChI is InChI=1S/C12H8FN5O/c13-7-1-2-9-8(5-7)11(12(19)16-9)18-17-10-6-14-3-4-15-10/h1-6,16,19H. The molecule has 0 amide bonds. The first kappa shape index (κ1) is 11.3. The monoisotopic (exact) mass is 257 g/mol. The average Bonchev–Trinajstić information content (AvgIpc) is 2.73. The van der Waals surface area contributed by atoms with Gasteiger partial charge in [0, 0.05) is 17.8 Å². The highest BCUT2D eigenvalue weighted by molar-refractivity contribution is 5.94. The summed E-state index contributed by atoms with van der Waals surface area (Å²) in [6.45, 7) is 0. The Balaban J connectivity index is 2.07. The molecule has 0 spiro atoms. The van der Waals surface area contributed by atoms with Crippen LogP contribution in [0.2, 0.25) is 0 Å². The lowest BCUT2D eigenvalue weighted by Crippen LogP contribution is -1.74. The molecule has 1 aromatic carbocycles. The Bertz CT molecular complexity index is 753. The second kappa shape index (κ2) is 4.45. The van der Waals surface area contributed by atoms with E-state index in [4.69, 9.17) is 0 Å². The lowest BCUT2D eigenvalue weighted by Gasteiger charge is -1.92. The molecule has 6 nitrogen and oxygen atoms in total. The maximum Gasteiger partial charge on any atom is 0.218 e. The van der Waals surface area contributed by atoms with Crippen molar-refractivity contribution in [2.45, 2.75) is 0 Å². The molecule has 3 aromatic rings. The summed E-state index contributed by atoms with van der Waals surface area (Å²) >= 11 is 0. The molecule has 0 saturated carbocycles. The number of hydrogen-bond acceptors (Lipinski definition) is 5. The Kier molecular flexibility index (Phi) is 2.64. The zero-order valence-electron chi connectivity index (χ0n) is 9.58. The van der Waals surface area contributed by atoms with E-state index in [0.29, 0.717) is 16.7 Å². The van der Waals surface area contributed by atoms with Crippen molar-refractivity contribution in [3.63, 3.8) is 0 Å². The molecule has 0 unspecified atom stereocenters. The first-order valence-electron chi connectivity index (χ1n) is 5.42.